The Morgan fingerprint density at radius 3 is 2.81 bits per heavy atom. The van der Waals surface area contributed by atoms with E-state index >= 15 is 0 Å². The van der Waals surface area contributed by atoms with E-state index in [-0.39, 0.29) is 5.52 Å². The highest BCUT2D eigenvalue weighted by Gasteiger charge is 2.14. The number of rotatable bonds is 5. The van der Waals surface area contributed by atoms with Crippen LogP contribution >= 0.6 is 11.3 Å². The van der Waals surface area contributed by atoms with Gasteiger partial charge in [-0.25, -0.2) is 8.78 Å². The van der Waals surface area contributed by atoms with Crippen molar-refractivity contribution < 1.29 is 18.3 Å². The molecule has 0 saturated carbocycles. The first-order valence-electron chi connectivity index (χ1n) is 8.21. The maximum Gasteiger partial charge on any atom is 0.279 e. The lowest BCUT2D eigenvalue weighted by molar-refractivity contribution is 0.0996. The largest absolute Gasteiger partial charge is 0.380 e. The molecule has 1 aromatic heterocycles. The third-order valence-corrected chi connectivity index (χ3v) is 4.85. The maximum absolute atomic E-state index is 14.3. The van der Waals surface area contributed by atoms with E-state index in [2.05, 4.69) is 4.99 Å². The van der Waals surface area contributed by atoms with E-state index in [0.717, 1.165) is 23.0 Å². The highest BCUT2D eigenvalue weighted by atomic mass is 32.1. The first kappa shape index (κ1) is 18.4. The minimum atomic E-state index is -0.683. The topological polar surface area (TPSA) is 43.6 Å². The van der Waals surface area contributed by atoms with Crippen LogP contribution in [-0.2, 0) is 11.3 Å². The Morgan fingerprint density at radius 2 is 2.08 bits per heavy atom. The van der Waals surface area contributed by atoms with Gasteiger partial charge in [-0.3, -0.25) is 4.79 Å². The second-order valence-corrected chi connectivity index (χ2v) is 6.76. The Kier molecular flexibility index (Phi) is 5.58. The van der Waals surface area contributed by atoms with Crippen LogP contribution in [0.3, 0.4) is 0 Å². The molecule has 26 heavy (non-hydrogen) atoms. The monoisotopic (exact) mass is 376 g/mol. The van der Waals surface area contributed by atoms with Crippen molar-refractivity contribution in [2.24, 2.45) is 4.99 Å². The number of hydrogen-bond acceptors (Lipinski definition) is 3. The molecule has 0 aliphatic rings. The molecule has 3 aromatic rings. The van der Waals surface area contributed by atoms with Crippen LogP contribution in [0.2, 0.25) is 0 Å². The van der Waals surface area contributed by atoms with Crippen molar-refractivity contribution >= 4 is 27.5 Å². The molecule has 0 fully saturated rings. The molecule has 0 N–H and O–H groups in total. The lowest BCUT2D eigenvalue weighted by Crippen LogP contribution is -2.20. The Labute approximate surface area is 153 Å². The number of hydrogen-bond donors (Lipinski definition) is 0. The van der Waals surface area contributed by atoms with Gasteiger partial charge < -0.3 is 9.30 Å². The number of thiazole rings is 1. The standard InChI is InChI=1S/C19H18F2N2O2S/c1-3-25-8-7-23-17-15(21)10-14(20)11-16(17)26-19(23)22-18(24)13-6-4-5-12(2)9-13/h4-6,9-11H,3,7-8H2,1-2H3. The zero-order chi connectivity index (χ0) is 18.7. The van der Waals surface area contributed by atoms with Crippen molar-refractivity contribution in [1.82, 2.24) is 4.57 Å². The van der Waals surface area contributed by atoms with Gasteiger partial charge in [0.2, 0.25) is 0 Å². The summed E-state index contributed by atoms with van der Waals surface area (Å²) in [4.78, 5) is 17.0. The van der Waals surface area contributed by atoms with Crippen LogP contribution in [0.15, 0.2) is 41.4 Å². The molecule has 7 heteroatoms. The van der Waals surface area contributed by atoms with Crippen molar-refractivity contribution in [3.8, 4) is 0 Å². The van der Waals surface area contributed by atoms with Gasteiger partial charge >= 0.3 is 0 Å². The highest BCUT2D eigenvalue weighted by Crippen LogP contribution is 2.22. The number of carbonyl (C=O) groups is 1. The van der Waals surface area contributed by atoms with Crippen molar-refractivity contribution in [1.29, 1.82) is 0 Å². The molecule has 0 aliphatic carbocycles. The van der Waals surface area contributed by atoms with E-state index in [0.29, 0.717) is 34.8 Å². The van der Waals surface area contributed by atoms with Gasteiger partial charge in [0.15, 0.2) is 10.6 Å². The van der Waals surface area contributed by atoms with E-state index in [9.17, 15) is 13.6 Å². The predicted octanol–water partition coefficient (Wildman–Crippen LogP) is 4.07. The smallest absolute Gasteiger partial charge is 0.279 e. The summed E-state index contributed by atoms with van der Waals surface area (Å²) < 4.78 is 35.2. The van der Waals surface area contributed by atoms with Crippen LogP contribution < -0.4 is 4.80 Å². The SMILES string of the molecule is CCOCCn1c(=NC(=O)c2cccc(C)c2)sc2cc(F)cc(F)c21. The second-order valence-electron chi connectivity index (χ2n) is 5.75. The number of aryl methyl sites for hydroxylation is 1. The number of amides is 1. The van der Waals surface area contributed by atoms with E-state index in [1.807, 2.05) is 19.9 Å². The lowest BCUT2D eigenvalue weighted by atomic mass is 10.1. The summed E-state index contributed by atoms with van der Waals surface area (Å²) in [5.41, 5.74) is 1.62. The summed E-state index contributed by atoms with van der Waals surface area (Å²) in [5, 5.41) is 0. The fourth-order valence-corrected chi connectivity index (χ4v) is 3.75. The third kappa shape index (κ3) is 3.89. The fourth-order valence-electron chi connectivity index (χ4n) is 2.65. The van der Waals surface area contributed by atoms with Gasteiger partial charge in [0, 0.05) is 24.8 Å². The van der Waals surface area contributed by atoms with Gasteiger partial charge in [0.05, 0.1) is 16.8 Å². The van der Waals surface area contributed by atoms with Crippen LogP contribution in [0.1, 0.15) is 22.8 Å². The first-order chi connectivity index (χ1) is 12.5. The number of benzene rings is 2. The zero-order valence-corrected chi connectivity index (χ0v) is 15.3. The summed E-state index contributed by atoms with van der Waals surface area (Å²) in [6.45, 7) is 4.92. The molecule has 1 heterocycles. The molecule has 0 saturated heterocycles. The molecule has 3 rings (SSSR count). The molecular formula is C19H18F2N2O2S. The minimum absolute atomic E-state index is 0.229. The third-order valence-electron chi connectivity index (χ3n) is 3.82. The minimum Gasteiger partial charge on any atom is -0.380 e. The summed E-state index contributed by atoms with van der Waals surface area (Å²) in [6, 6.07) is 9.16. The van der Waals surface area contributed by atoms with Gasteiger partial charge in [-0.2, -0.15) is 4.99 Å². The van der Waals surface area contributed by atoms with Crippen LogP contribution in [0.4, 0.5) is 8.78 Å². The van der Waals surface area contributed by atoms with Gasteiger partial charge in [0.25, 0.3) is 5.91 Å². The molecule has 0 spiro atoms. The molecule has 0 aliphatic heterocycles. The Bertz CT molecular complexity index is 1020. The van der Waals surface area contributed by atoms with E-state index < -0.39 is 17.5 Å². The number of nitrogens with zero attached hydrogens (tertiary/aromatic N) is 2. The predicted molar refractivity (Wildman–Crippen MR) is 97.3 cm³/mol. The van der Waals surface area contributed by atoms with Gasteiger partial charge in [0.1, 0.15) is 5.82 Å². The van der Waals surface area contributed by atoms with Crippen molar-refractivity contribution in [3.63, 3.8) is 0 Å². The number of halogens is 2. The van der Waals surface area contributed by atoms with E-state index in [1.54, 1.807) is 22.8 Å². The normalized spacial score (nSPS) is 12.1. The van der Waals surface area contributed by atoms with Crippen LogP contribution in [-0.4, -0.2) is 23.7 Å². The van der Waals surface area contributed by atoms with Gasteiger partial charge in [-0.1, -0.05) is 29.0 Å². The quantitative estimate of drug-likeness (QED) is 0.630. The zero-order valence-electron chi connectivity index (χ0n) is 14.5. The molecule has 0 radical (unpaired) electrons. The van der Waals surface area contributed by atoms with Crippen LogP contribution in [0, 0.1) is 18.6 Å². The van der Waals surface area contributed by atoms with Crippen molar-refractivity contribution in [2.45, 2.75) is 20.4 Å². The second kappa shape index (κ2) is 7.88. The molecular weight excluding hydrogens is 358 g/mol. The van der Waals surface area contributed by atoms with Crippen molar-refractivity contribution in [3.05, 3.63) is 64.0 Å². The molecule has 4 nitrogen and oxygen atoms in total. The average molecular weight is 376 g/mol. The number of carbonyl (C=O) groups excluding carboxylic acids is 1. The lowest BCUT2D eigenvalue weighted by Gasteiger charge is -2.06. The Morgan fingerprint density at radius 1 is 1.27 bits per heavy atom. The summed E-state index contributed by atoms with van der Waals surface area (Å²) in [6.07, 6.45) is 0. The fraction of sp³-hybridized carbons (Fsp3) is 0.263. The van der Waals surface area contributed by atoms with Crippen LogP contribution in [0.25, 0.3) is 10.2 Å². The maximum atomic E-state index is 14.3. The Hall–Kier alpha value is -2.38. The summed E-state index contributed by atoms with van der Waals surface area (Å²) in [7, 11) is 0. The molecule has 0 bridgehead atoms. The van der Waals surface area contributed by atoms with Crippen LogP contribution in [0.5, 0.6) is 0 Å². The first-order valence-corrected chi connectivity index (χ1v) is 9.03. The summed E-state index contributed by atoms with van der Waals surface area (Å²) in [5.74, 6) is -1.77. The number of aromatic nitrogens is 1. The van der Waals surface area contributed by atoms with Gasteiger partial charge in [-0.05, 0) is 32.0 Å². The summed E-state index contributed by atoms with van der Waals surface area (Å²) >= 11 is 1.08. The van der Waals surface area contributed by atoms with Crippen molar-refractivity contribution in [2.75, 3.05) is 13.2 Å². The van der Waals surface area contributed by atoms with E-state index in [4.69, 9.17) is 4.74 Å². The number of ether oxygens (including phenoxy) is 1. The van der Waals surface area contributed by atoms with Gasteiger partial charge in [-0.15, -0.1) is 0 Å². The number of fused-ring (bicyclic) bond motifs is 1. The Balaban J connectivity index is 2.12. The molecule has 0 atom stereocenters. The molecule has 136 valence electrons. The molecule has 2 aromatic carbocycles. The average Bonchev–Trinajstić information content (AvgIpc) is 2.92. The van der Waals surface area contributed by atoms with E-state index in [1.165, 1.54) is 6.07 Å². The molecule has 1 amide bonds. The highest BCUT2D eigenvalue weighted by molar-refractivity contribution is 7.16. The molecule has 0 unspecified atom stereocenters.